The Bertz CT molecular complexity index is 92.9. The summed E-state index contributed by atoms with van der Waals surface area (Å²) >= 11 is 0. The molecule has 1 fully saturated rings. The van der Waals surface area contributed by atoms with Gasteiger partial charge in [0.05, 0.1) is 12.2 Å². The lowest BCUT2D eigenvalue weighted by molar-refractivity contribution is -0.0816. The predicted octanol–water partition coefficient (Wildman–Crippen LogP) is -0.0913. The molecule has 3 heteroatoms. The topological polar surface area (TPSA) is 49.7 Å². The third kappa shape index (κ3) is 1.94. The maximum Gasteiger partial charge on any atom is 0.0855 e. The van der Waals surface area contributed by atoms with Crippen LogP contribution in [0.25, 0.3) is 0 Å². The number of aliphatic hydroxyl groups excluding tert-OH is 2. The summed E-state index contributed by atoms with van der Waals surface area (Å²) in [5.74, 6) is 0. The summed E-state index contributed by atoms with van der Waals surface area (Å²) in [5.41, 5.74) is 0. The van der Waals surface area contributed by atoms with Crippen LogP contribution in [0.1, 0.15) is 19.3 Å². The lowest BCUT2D eigenvalue weighted by Crippen LogP contribution is -2.34. The SMILES string of the molecule is OCCC1OCCCC1O. The summed E-state index contributed by atoms with van der Waals surface area (Å²) < 4.78 is 5.22. The maximum atomic E-state index is 9.26. The summed E-state index contributed by atoms with van der Waals surface area (Å²) in [6, 6.07) is 0. The highest BCUT2D eigenvalue weighted by molar-refractivity contribution is 4.72. The van der Waals surface area contributed by atoms with Crippen molar-refractivity contribution >= 4 is 0 Å². The van der Waals surface area contributed by atoms with E-state index in [0.29, 0.717) is 6.42 Å². The molecule has 10 heavy (non-hydrogen) atoms. The van der Waals surface area contributed by atoms with Gasteiger partial charge in [-0.15, -0.1) is 0 Å². The summed E-state index contributed by atoms with van der Waals surface area (Å²) in [5, 5.41) is 17.8. The number of hydrogen-bond donors (Lipinski definition) is 2. The van der Waals surface area contributed by atoms with Gasteiger partial charge in [0.25, 0.3) is 0 Å². The van der Waals surface area contributed by atoms with E-state index >= 15 is 0 Å². The van der Waals surface area contributed by atoms with Crippen molar-refractivity contribution in [1.82, 2.24) is 0 Å². The third-order valence-electron chi connectivity index (χ3n) is 1.82. The molecule has 0 bridgehead atoms. The molecular weight excluding hydrogens is 132 g/mol. The first-order valence-electron chi connectivity index (χ1n) is 3.75. The molecule has 1 heterocycles. The number of hydrogen-bond acceptors (Lipinski definition) is 3. The minimum absolute atomic E-state index is 0.0989. The van der Waals surface area contributed by atoms with Crippen molar-refractivity contribution in [3.63, 3.8) is 0 Å². The molecule has 2 atom stereocenters. The maximum absolute atomic E-state index is 9.26. The smallest absolute Gasteiger partial charge is 0.0855 e. The van der Waals surface area contributed by atoms with Crippen LogP contribution < -0.4 is 0 Å². The molecule has 2 unspecified atom stereocenters. The normalized spacial score (nSPS) is 34.2. The van der Waals surface area contributed by atoms with Gasteiger partial charge in [0.15, 0.2) is 0 Å². The first-order chi connectivity index (χ1) is 4.84. The van der Waals surface area contributed by atoms with Crippen molar-refractivity contribution in [1.29, 1.82) is 0 Å². The Balaban J connectivity index is 2.25. The van der Waals surface area contributed by atoms with Crippen molar-refractivity contribution in [3.8, 4) is 0 Å². The third-order valence-corrected chi connectivity index (χ3v) is 1.82. The average Bonchev–Trinajstić information content (AvgIpc) is 1.94. The molecule has 0 radical (unpaired) electrons. The highest BCUT2D eigenvalue weighted by Crippen LogP contribution is 2.15. The van der Waals surface area contributed by atoms with E-state index in [4.69, 9.17) is 9.84 Å². The Morgan fingerprint density at radius 1 is 1.50 bits per heavy atom. The van der Waals surface area contributed by atoms with Crippen LogP contribution in [0.4, 0.5) is 0 Å². The molecule has 0 aromatic heterocycles. The molecule has 60 valence electrons. The standard InChI is InChI=1S/C7H14O3/c8-4-3-7-6(9)2-1-5-10-7/h6-9H,1-5H2. The quantitative estimate of drug-likeness (QED) is 0.572. The van der Waals surface area contributed by atoms with Gasteiger partial charge in [-0.2, -0.15) is 0 Å². The van der Waals surface area contributed by atoms with Crippen molar-refractivity contribution < 1.29 is 14.9 Å². The van der Waals surface area contributed by atoms with Gasteiger partial charge in [-0.3, -0.25) is 0 Å². The molecule has 3 nitrogen and oxygen atoms in total. The zero-order valence-electron chi connectivity index (χ0n) is 5.99. The number of rotatable bonds is 2. The highest BCUT2D eigenvalue weighted by atomic mass is 16.5. The van der Waals surface area contributed by atoms with Crippen LogP contribution >= 0.6 is 0 Å². The minimum Gasteiger partial charge on any atom is -0.396 e. The van der Waals surface area contributed by atoms with Crippen LogP contribution in [-0.4, -0.2) is 35.6 Å². The zero-order valence-corrected chi connectivity index (χ0v) is 5.99. The second kappa shape index (κ2) is 3.91. The number of ether oxygens (including phenoxy) is 1. The summed E-state index contributed by atoms with van der Waals surface area (Å²) in [6.45, 7) is 0.823. The van der Waals surface area contributed by atoms with Gasteiger partial charge in [-0.1, -0.05) is 0 Å². The Kier molecular flexibility index (Phi) is 3.12. The summed E-state index contributed by atoms with van der Waals surface area (Å²) in [6.07, 6.45) is 1.81. The fraction of sp³-hybridized carbons (Fsp3) is 1.00. The Morgan fingerprint density at radius 2 is 2.30 bits per heavy atom. The molecule has 0 aromatic carbocycles. The van der Waals surface area contributed by atoms with Crippen molar-refractivity contribution in [2.45, 2.75) is 31.5 Å². The van der Waals surface area contributed by atoms with Crippen molar-refractivity contribution in [2.24, 2.45) is 0 Å². The van der Waals surface area contributed by atoms with Crippen molar-refractivity contribution in [3.05, 3.63) is 0 Å². The summed E-state index contributed by atoms with van der Waals surface area (Å²) in [7, 11) is 0. The van der Waals surface area contributed by atoms with Crippen LogP contribution in [-0.2, 0) is 4.74 Å². The monoisotopic (exact) mass is 146 g/mol. The summed E-state index contributed by atoms with van der Waals surface area (Å²) in [4.78, 5) is 0. The van der Waals surface area contributed by atoms with Gasteiger partial charge in [0, 0.05) is 13.2 Å². The van der Waals surface area contributed by atoms with Gasteiger partial charge in [-0.05, 0) is 19.3 Å². The van der Waals surface area contributed by atoms with E-state index in [0.717, 1.165) is 19.4 Å². The van der Waals surface area contributed by atoms with Crippen LogP contribution in [0, 0.1) is 0 Å². The van der Waals surface area contributed by atoms with E-state index in [-0.39, 0.29) is 18.8 Å². The predicted molar refractivity (Wildman–Crippen MR) is 36.7 cm³/mol. The van der Waals surface area contributed by atoms with E-state index in [1.54, 1.807) is 0 Å². The first-order valence-corrected chi connectivity index (χ1v) is 3.75. The first kappa shape index (κ1) is 7.98. The fourth-order valence-corrected chi connectivity index (χ4v) is 1.23. The van der Waals surface area contributed by atoms with Crippen molar-refractivity contribution in [2.75, 3.05) is 13.2 Å². The zero-order chi connectivity index (χ0) is 7.40. The van der Waals surface area contributed by atoms with Gasteiger partial charge >= 0.3 is 0 Å². The van der Waals surface area contributed by atoms with E-state index in [1.807, 2.05) is 0 Å². The van der Waals surface area contributed by atoms with Gasteiger partial charge in [-0.25, -0.2) is 0 Å². The molecule has 1 saturated heterocycles. The molecule has 0 amide bonds. The molecule has 1 aliphatic rings. The molecule has 0 saturated carbocycles. The Hall–Kier alpha value is -0.120. The van der Waals surface area contributed by atoms with Crippen LogP contribution in [0.15, 0.2) is 0 Å². The molecule has 1 aliphatic heterocycles. The highest BCUT2D eigenvalue weighted by Gasteiger charge is 2.22. The molecule has 1 rings (SSSR count). The second-order valence-corrected chi connectivity index (χ2v) is 2.63. The molecule has 2 N–H and O–H groups in total. The van der Waals surface area contributed by atoms with E-state index < -0.39 is 0 Å². The van der Waals surface area contributed by atoms with E-state index in [1.165, 1.54) is 0 Å². The van der Waals surface area contributed by atoms with Gasteiger partial charge in [0.2, 0.25) is 0 Å². The molecule has 0 aliphatic carbocycles. The lowest BCUT2D eigenvalue weighted by Gasteiger charge is -2.27. The van der Waals surface area contributed by atoms with Gasteiger partial charge in [0.1, 0.15) is 0 Å². The second-order valence-electron chi connectivity index (χ2n) is 2.63. The Morgan fingerprint density at radius 3 is 2.90 bits per heavy atom. The fourth-order valence-electron chi connectivity index (χ4n) is 1.23. The lowest BCUT2D eigenvalue weighted by atomic mass is 10.0. The largest absolute Gasteiger partial charge is 0.396 e. The van der Waals surface area contributed by atoms with E-state index in [2.05, 4.69) is 0 Å². The van der Waals surface area contributed by atoms with Crippen LogP contribution in [0.5, 0.6) is 0 Å². The number of aliphatic hydroxyl groups is 2. The molecule has 0 aromatic rings. The van der Waals surface area contributed by atoms with E-state index in [9.17, 15) is 5.11 Å². The average molecular weight is 146 g/mol. The molecular formula is C7H14O3. The van der Waals surface area contributed by atoms with Crippen LogP contribution in [0.3, 0.4) is 0 Å². The molecule has 0 spiro atoms. The minimum atomic E-state index is -0.360. The Labute approximate surface area is 60.6 Å². The van der Waals surface area contributed by atoms with Crippen LogP contribution in [0.2, 0.25) is 0 Å². The van der Waals surface area contributed by atoms with Gasteiger partial charge < -0.3 is 14.9 Å².